The third kappa shape index (κ3) is 4.39. The minimum Gasteiger partial charge on any atom is -0.334 e. The molecule has 2 aromatic carbocycles. The van der Waals surface area contributed by atoms with Crippen molar-refractivity contribution in [3.05, 3.63) is 66.4 Å². The first kappa shape index (κ1) is 17.8. The Labute approximate surface area is 161 Å². The summed E-state index contributed by atoms with van der Waals surface area (Å²) in [6, 6.07) is 13.9. The Kier molecular flexibility index (Phi) is 5.25. The summed E-state index contributed by atoms with van der Waals surface area (Å²) in [6.45, 7) is 1.04. The van der Waals surface area contributed by atoms with Crippen LogP contribution in [0.2, 0.25) is 0 Å². The number of anilines is 1. The van der Waals surface area contributed by atoms with Crippen LogP contribution in [0.4, 0.5) is 10.1 Å². The molecular formula is C21H20FN3OS. The molecule has 0 atom stereocenters. The summed E-state index contributed by atoms with van der Waals surface area (Å²) in [5, 5.41) is 2.89. The molecule has 0 fully saturated rings. The number of rotatable bonds is 5. The number of carbonyl (C=O) groups excluding carboxylic acids is 1. The number of aryl methyl sites for hydroxylation is 2. The third-order valence-corrected chi connectivity index (χ3v) is 5.57. The fourth-order valence-corrected chi connectivity index (χ4v) is 3.85. The summed E-state index contributed by atoms with van der Waals surface area (Å²) in [5.74, 6) is 1.07. The van der Waals surface area contributed by atoms with Crippen molar-refractivity contribution < 1.29 is 9.18 Å². The second-order valence-electron chi connectivity index (χ2n) is 6.56. The largest absolute Gasteiger partial charge is 0.334 e. The lowest BCUT2D eigenvalue weighted by molar-refractivity contribution is -0.113. The Morgan fingerprint density at radius 3 is 2.63 bits per heavy atom. The number of fused-ring (bicyclic) bond motifs is 1. The molecule has 0 bridgehead atoms. The summed E-state index contributed by atoms with van der Waals surface area (Å²) in [6.07, 6.45) is 5.57. The summed E-state index contributed by atoms with van der Waals surface area (Å²) in [5.41, 5.74) is 2.79. The number of hydrogen-bond donors (Lipinski definition) is 1. The van der Waals surface area contributed by atoms with Crippen LogP contribution in [0.1, 0.15) is 18.7 Å². The molecule has 1 aromatic heterocycles. The maximum atomic E-state index is 12.9. The maximum Gasteiger partial charge on any atom is 0.234 e. The minimum absolute atomic E-state index is 0.0884. The van der Waals surface area contributed by atoms with Gasteiger partial charge in [-0.1, -0.05) is 12.1 Å². The van der Waals surface area contributed by atoms with Crippen molar-refractivity contribution in [1.82, 2.24) is 9.55 Å². The highest BCUT2D eigenvalue weighted by molar-refractivity contribution is 8.00. The van der Waals surface area contributed by atoms with Crippen LogP contribution in [-0.4, -0.2) is 21.2 Å². The summed E-state index contributed by atoms with van der Waals surface area (Å²) >= 11 is 1.38. The van der Waals surface area contributed by atoms with Crippen LogP contribution in [0.25, 0.3) is 11.3 Å². The molecule has 1 N–H and O–H groups in total. The van der Waals surface area contributed by atoms with Gasteiger partial charge in [-0.2, -0.15) is 0 Å². The highest BCUT2D eigenvalue weighted by Crippen LogP contribution is 2.24. The molecule has 1 amide bonds. The van der Waals surface area contributed by atoms with E-state index >= 15 is 0 Å². The highest BCUT2D eigenvalue weighted by atomic mass is 32.2. The predicted octanol–water partition coefficient (Wildman–Crippen LogP) is 4.76. The Balaban J connectivity index is 1.35. The van der Waals surface area contributed by atoms with Crippen molar-refractivity contribution in [2.24, 2.45) is 0 Å². The van der Waals surface area contributed by atoms with Gasteiger partial charge in [-0.15, -0.1) is 11.8 Å². The Hall–Kier alpha value is -2.60. The maximum absolute atomic E-state index is 12.9. The van der Waals surface area contributed by atoms with Gasteiger partial charge in [0.15, 0.2) is 0 Å². The van der Waals surface area contributed by atoms with Gasteiger partial charge in [-0.05, 0) is 49.2 Å². The molecule has 4 rings (SSSR count). The van der Waals surface area contributed by atoms with Crippen molar-refractivity contribution in [3.63, 3.8) is 0 Å². The topological polar surface area (TPSA) is 46.9 Å². The number of benzene rings is 2. The number of amides is 1. The Bertz CT molecular complexity index is 912. The van der Waals surface area contributed by atoms with Crippen LogP contribution in [0.5, 0.6) is 0 Å². The zero-order chi connectivity index (χ0) is 18.6. The number of aromatic nitrogens is 2. The molecule has 27 heavy (non-hydrogen) atoms. The van der Waals surface area contributed by atoms with E-state index in [1.54, 1.807) is 12.1 Å². The molecule has 4 nitrogen and oxygen atoms in total. The molecule has 6 heteroatoms. The SMILES string of the molecule is O=C(CSc1ccc(F)cc1)Nc1ccc(-c2cn3c(n2)CCCC3)cc1. The monoisotopic (exact) mass is 381 g/mol. The van der Waals surface area contributed by atoms with E-state index < -0.39 is 0 Å². The van der Waals surface area contributed by atoms with Gasteiger partial charge in [0.05, 0.1) is 11.4 Å². The lowest BCUT2D eigenvalue weighted by atomic mass is 10.1. The molecule has 3 aromatic rings. The molecule has 0 saturated heterocycles. The summed E-state index contributed by atoms with van der Waals surface area (Å²) in [4.78, 5) is 17.7. The van der Waals surface area contributed by atoms with Gasteiger partial charge >= 0.3 is 0 Å². The second kappa shape index (κ2) is 7.96. The number of nitrogens with one attached hydrogen (secondary N) is 1. The lowest BCUT2D eigenvalue weighted by Gasteiger charge is -2.11. The number of hydrogen-bond acceptors (Lipinski definition) is 3. The minimum atomic E-state index is -0.276. The molecular weight excluding hydrogens is 361 g/mol. The number of carbonyl (C=O) groups is 1. The van der Waals surface area contributed by atoms with Crippen LogP contribution in [0.15, 0.2) is 59.6 Å². The van der Waals surface area contributed by atoms with E-state index in [2.05, 4.69) is 16.1 Å². The third-order valence-electron chi connectivity index (χ3n) is 4.56. The molecule has 0 spiro atoms. The first-order chi connectivity index (χ1) is 13.2. The van der Waals surface area contributed by atoms with Gasteiger partial charge in [-0.25, -0.2) is 9.37 Å². The van der Waals surface area contributed by atoms with E-state index in [1.165, 1.54) is 36.7 Å². The molecule has 138 valence electrons. The van der Waals surface area contributed by atoms with E-state index in [-0.39, 0.29) is 17.5 Å². The van der Waals surface area contributed by atoms with Crippen LogP contribution in [0, 0.1) is 5.82 Å². The molecule has 1 aliphatic rings. The lowest BCUT2D eigenvalue weighted by Crippen LogP contribution is -2.13. The van der Waals surface area contributed by atoms with Crippen molar-refractivity contribution in [1.29, 1.82) is 0 Å². The molecule has 2 heterocycles. The van der Waals surface area contributed by atoms with Crippen LogP contribution in [-0.2, 0) is 17.8 Å². The number of halogens is 1. The van der Waals surface area contributed by atoms with Gasteiger partial charge in [0, 0.05) is 35.3 Å². The van der Waals surface area contributed by atoms with Gasteiger partial charge < -0.3 is 9.88 Å². The van der Waals surface area contributed by atoms with E-state index in [0.717, 1.165) is 40.6 Å². The zero-order valence-corrected chi connectivity index (χ0v) is 15.6. The number of nitrogens with zero attached hydrogens (tertiary/aromatic N) is 2. The van der Waals surface area contributed by atoms with E-state index in [4.69, 9.17) is 4.98 Å². The van der Waals surface area contributed by atoms with Crippen LogP contribution in [0.3, 0.4) is 0 Å². The zero-order valence-electron chi connectivity index (χ0n) is 14.8. The molecule has 1 aliphatic heterocycles. The predicted molar refractivity (Wildman–Crippen MR) is 106 cm³/mol. The quantitative estimate of drug-likeness (QED) is 0.649. The standard InChI is InChI=1S/C21H20FN3OS/c22-16-6-10-18(11-7-16)27-14-21(26)23-17-8-4-15(5-9-17)19-13-25-12-2-1-3-20(25)24-19/h4-11,13H,1-3,12,14H2,(H,23,26). The van der Waals surface area contributed by atoms with Gasteiger partial charge in [0.2, 0.25) is 5.91 Å². The number of imidazole rings is 1. The fraction of sp³-hybridized carbons (Fsp3) is 0.238. The van der Waals surface area contributed by atoms with E-state index in [9.17, 15) is 9.18 Å². The van der Waals surface area contributed by atoms with Crippen LogP contribution >= 0.6 is 11.8 Å². The van der Waals surface area contributed by atoms with Gasteiger partial charge in [0.1, 0.15) is 11.6 Å². The molecule has 0 saturated carbocycles. The number of thioether (sulfide) groups is 1. The summed E-state index contributed by atoms with van der Waals surface area (Å²) < 4.78 is 15.1. The van der Waals surface area contributed by atoms with Gasteiger partial charge in [-0.3, -0.25) is 4.79 Å². The smallest absolute Gasteiger partial charge is 0.234 e. The van der Waals surface area contributed by atoms with Crippen LogP contribution < -0.4 is 5.32 Å². The first-order valence-corrected chi connectivity index (χ1v) is 10.0. The molecule has 0 unspecified atom stereocenters. The molecule has 0 radical (unpaired) electrons. The average molecular weight is 381 g/mol. The Morgan fingerprint density at radius 1 is 1.11 bits per heavy atom. The molecule has 0 aliphatic carbocycles. The van der Waals surface area contributed by atoms with Crippen molar-refractivity contribution in [3.8, 4) is 11.3 Å². The van der Waals surface area contributed by atoms with E-state index in [0.29, 0.717) is 0 Å². The first-order valence-electron chi connectivity index (χ1n) is 9.02. The second-order valence-corrected chi connectivity index (χ2v) is 7.61. The Morgan fingerprint density at radius 2 is 1.89 bits per heavy atom. The normalized spacial score (nSPS) is 13.2. The van der Waals surface area contributed by atoms with E-state index in [1.807, 2.05) is 24.3 Å². The van der Waals surface area contributed by atoms with Gasteiger partial charge in [0.25, 0.3) is 0 Å². The van der Waals surface area contributed by atoms with Crippen molar-refractivity contribution >= 4 is 23.4 Å². The fourth-order valence-electron chi connectivity index (χ4n) is 3.15. The highest BCUT2D eigenvalue weighted by Gasteiger charge is 2.13. The summed E-state index contributed by atoms with van der Waals surface area (Å²) in [7, 11) is 0. The van der Waals surface area contributed by atoms with Crippen molar-refractivity contribution in [2.75, 3.05) is 11.1 Å². The van der Waals surface area contributed by atoms with Crippen molar-refractivity contribution in [2.45, 2.75) is 30.7 Å². The average Bonchev–Trinajstić information content (AvgIpc) is 3.12.